The molecule has 1 amide bonds. The highest BCUT2D eigenvalue weighted by Gasteiger charge is 2.12. The summed E-state index contributed by atoms with van der Waals surface area (Å²) in [5.41, 5.74) is 0.466. The second kappa shape index (κ2) is 6.22. The zero-order valence-electron chi connectivity index (χ0n) is 11.9. The lowest BCUT2D eigenvalue weighted by Crippen LogP contribution is -2.29. The maximum Gasteiger partial charge on any atom is 0.368 e. The van der Waals surface area contributed by atoms with Crippen molar-refractivity contribution in [2.24, 2.45) is 0 Å². The predicted molar refractivity (Wildman–Crippen MR) is 80.6 cm³/mol. The van der Waals surface area contributed by atoms with Gasteiger partial charge in [-0.05, 0) is 46.8 Å². The smallest absolute Gasteiger partial charge is 0.324 e. The number of anilines is 1. The predicted octanol–water partition coefficient (Wildman–Crippen LogP) is 1.21. The number of rotatable bonds is 4. The molecular weight excluding hydrogens is 301 g/mol. The number of carbonyl (C=O) groups excluding carboxylic acids is 1. The van der Waals surface area contributed by atoms with Crippen LogP contribution in [-0.2, 0) is 11.3 Å². The van der Waals surface area contributed by atoms with Crippen LogP contribution in [0.3, 0.4) is 0 Å². The summed E-state index contributed by atoms with van der Waals surface area (Å²) < 4.78 is 14.9. The number of benzene rings is 2. The number of nitrogens with one attached hydrogen (secondary N) is 1. The van der Waals surface area contributed by atoms with E-state index in [0.29, 0.717) is 11.4 Å². The Balaban J connectivity index is 1.73. The number of hydrogen-bond acceptors (Lipinski definition) is 4. The van der Waals surface area contributed by atoms with Crippen molar-refractivity contribution in [3.63, 3.8) is 0 Å². The van der Waals surface area contributed by atoms with Gasteiger partial charge >= 0.3 is 5.69 Å². The average molecular weight is 313 g/mol. The molecule has 2 aromatic carbocycles. The summed E-state index contributed by atoms with van der Waals surface area (Å²) in [7, 11) is 0. The summed E-state index contributed by atoms with van der Waals surface area (Å²) in [6.45, 7) is -0.289. The quantitative estimate of drug-likeness (QED) is 0.785. The Kier molecular flexibility index (Phi) is 3.96. The lowest BCUT2D eigenvalue weighted by atomic mass is 10.3. The molecule has 0 aliphatic rings. The highest BCUT2D eigenvalue weighted by Crippen LogP contribution is 2.08. The molecule has 0 saturated carbocycles. The van der Waals surface area contributed by atoms with Crippen molar-refractivity contribution in [1.29, 1.82) is 0 Å². The number of halogens is 1. The molecule has 0 spiro atoms. The van der Waals surface area contributed by atoms with E-state index in [0.717, 1.165) is 9.36 Å². The van der Waals surface area contributed by atoms with Crippen molar-refractivity contribution >= 4 is 11.6 Å². The van der Waals surface area contributed by atoms with E-state index in [4.69, 9.17) is 0 Å². The highest BCUT2D eigenvalue weighted by molar-refractivity contribution is 5.90. The summed E-state index contributed by atoms with van der Waals surface area (Å²) in [4.78, 5) is 24.1. The third-order valence-corrected chi connectivity index (χ3v) is 3.06. The molecule has 3 rings (SSSR count). The van der Waals surface area contributed by atoms with Gasteiger partial charge in [0.05, 0.1) is 5.69 Å². The molecule has 23 heavy (non-hydrogen) atoms. The zero-order chi connectivity index (χ0) is 16.2. The van der Waals surface area contributed by atoms with E-state index in [2.05, 4.69) is 15.7 Å². The Hall–Kier alpha value is -3.29. The van der Waals surface area contributed by atoms with Crippen LogP contribution < -0.4 is 11.0 Å². The van der Waals surface area contributed by atoms with E-state index in [1.165, 1.54) is 24.3 Å². The molecule has 1 N–H and O–H groups in total. The fourth-order valence-electron chi connectivity index (χ4n) is 1.97. The number of nitrogens with zero attached hydrogens (tertiary/aromatic N) is 4. The first-order valence-electron chi connectivity index (χ1n) is 6.77. The van der Waals surface area contributed by atoms with Gasteiger partial charge in [0.2, 0.25) is 5.91 Å². The normalized spacial score (nSPS) is 10.5. The van der Waals surface area contributed by atoms with Gasteiger partial charge in [0.25, 0.3) is 0 Å². The molecule has 8 heteroatoms. The van der Waals surface area contributed by atoms with E-state index < -0.39 is 17.4 Å². The van der Waals surface area contributed by atoms with Gasteiger partial charge in [0.15, 0.2) is 0 Å². The number of para-hydroxylation sites is 1. The second-order valence-corrected chi connectivity index (χ2v) is 4.72. The molecule has 0 saturated heterocycles. The molecule has 7 nitrogen and oxygen atoms in total. The fourth-order valence-corrected chi connectivity index (χ4v) is 1.97. The monoisotopic (exact) mass is 313 g/mol. The SMILES string of the molecule is O=C(Cn1nnn(-c2ccccc2)c1=O)Nc1ccc(F)cc1. The van der Waals surface area contributed by atoms with Crippen molar-refractivity contribution in [3.8, 4) is 5.69 Å². The Bertz CT molecular complexity index is 871. The fraction of sp³-hybridized carbons (Fsp3) is 0.0667. The molecule has 0 fully saturated rings. The minimum absolute atomic E-state index is 0.289. The molecule has 1 aromatic heterocycles. The van der Waals surface area contributed by atoms with Crippen LogP contribution in [-0.4, -0.2) is 25.7 Å². The zero-order valence-corrected chi connectivity index (χ0v) is 11.9. The van der Waals surface area contributed by atoms with Gasteiger partial charge in [-0.2, -0.15) is 9.36 Å². The van der Waals surface area contributed by atoms with E-state index in [1.54, 1.807) is 24.3 Å². The molecule has 0 aliphatic carbocycles. The van der Waals surface area contributed by atoms with Gasteiger partial charge in [-0.3, -0.25) is 4.79 Å². The van der Waals surface area contributed by atoms with Crippen LogP contribution in [0.25, 0.3) is 5.69 Å². The maximum atomic E-state index is 12.8. The van der Waals surface area contributed by atoms with Gasteiger partial charge in [-0.1, -0.05) is 18.2 Å². The summed E-state index contributed by atoms with van der Waals surface area (Å²) >= 11 is 0. The third kappa shape index (κ3) is 3.31. The van der Waals surface area contributed by atoms with Gasteiger partial charge in [0, 0.05) is 5.69 Å². The molecule has 3 aromatic rings. The lowest BCUT2D eigenvalue weighted by molar-refractivity contribution is -0.117. The number of carbonyl (C=O) groups is 1. The molecule has 116 valence electrons. The molecule has 0 atom stereocenters. The Labute approximate surface area is 130 Å². The largest absolute Gasteiger partial charge is 0.368 e. The van der Waals surface area contributed by atoms with Crippen molar-refractivity contribution in [3.05, 3.63) is 70.9 Å². The van der Waals surface area contributed by atoms with Crippen molar-refractivity contribution in [2.75, 3.05) is 5.32 Å². The number of amides is 1. The van der Waals surface area contributed by atoms with Gasteiger partial charge in [-0.15, -0.1) is 0 Å². The van der Waals surface area contributed by atoms with Crippen LogP contribution in [0, 0.1) is 5.82 Å². The van der Waals surface area contributed by atoms with E-state index in [-0.39, 0.29) is 6.54 Å². The minimum Gasteiger partial charge on any atom is -0.324 e. The number of aromatic nitrogens is 4. The standard InChI is InChI=1S/C15H12FN5O2/c16-11-6-8-12(9-7-11)17-14(22)10-20-15(23)21(19-18-20)13-4-2-1-3-5-13/h1-9H,10H2,(H,17,22). The Morgan fingerprint density at radius 3 is 2.43 bits per heavy atom. The lowest BCUT2D eigenvalue weighted by Gasteiger charge is -2.04. The first-order chi connectivity index (χ1) is 11.1. The Morgan fingerprint density at radius 1 is 1.04 bits per heavy atom. The minimum atomic E-state index is -0.523. The van der Waals surface area contributed by atoms with E-state index in [9.17, 15) is 14.0 Å². The van der Waals surface area contributed by atoms with Gasteiger partial charge in [-0.25, -0.2) is 9.18 Å². The summed E-state index contributed by atoms with van der Waals surface area (Å²) in [6.07, 6.45) is 0. The molecular formula is C15H12FN5O2. The first kappa shape index (κ1) is 14.6. The highest BCUT2D eigenvalue weighted by atomic mass is 19.1. The second-order valence-electron chi connectivity index (χ2n) is 4.72. The molecule has 1 heterocycles. The van der Waals surface area contributed by atoms with Crippen molar-refractivity contribution in [2.45, 2.75) is 6.54 Å². The van der Waals surface area contributed by atoms with Gasteiger partial charge in [0.1, 0.15) is 12.4 Å². The molecule has 0 bridgehead atoms. The summed E-state index contributed by atoms with van der Waals surface area (Å²) in [5.74, 6) is -0.858. The van der Waals surface area contributed by atoms with Crippen LogP contribution in [0.4, 0.5) is 10.1 Å². The van der Waals surface area contributed by atoms with Crippen molar-refractivity contribution in [1.82, 2.24) is 19.8 Å². The van der Waals surface area contributed by atoms with Crippen LogP contribution in [0.1, 0.15) is 0 Å². The van der Waals surface area contributed by atoms with Crippen LogP contribution >= 0.6 is 0 Å². The first-order valence-corrected chi connectivity index (χ1v) is 6.77. The molecule has 0 radical (unpaired) electrons. The van der Waals surface area contributed by atoms with Crippen LogP contribution in [0.15, 0.2) is 59.4 Å². The van der Waals surface area contributed by atoms with E-state index in [1.807, 2.05) is 6.07 Å². The number of hydrogen-bond donors (Lipinski definition) is 1. The third-order valence-electron chi connectivity index (χ3n) is 3.06. The van der Waals surface area contributed by atoms with E-state index >= 15 is 0 Å². The van der Waals surface area contributed by atoms with Gasteiger partial charge < -0.3 is 5.32 Å². The van der Waals surface area contributed by atoms with Crippen LogP contribution in [0.2, 0.25) is 0 Å². The molecule has 0 unspecified atom stereocenters. The average Bonchev–Trinajstić information content (AvgIpc) is 2.91. The Morgan fingerprint density at radius 2 is 1.74 bits per heavy atom. The molecule has 0 aliphatic heterocycles. The summed E-state index contributed by atoms with van der Waals surface area (Å²) in [5, 5.41) is 9.98. The summed E-state index contributed by atoms with van der Waals surface area (Å²) in [6, 6.07) is 14.1. The van der Waals surface area contributed by atoms with Crippen molar-refractivity contribution < 1.29 is 9.18 Å². The topological polar surface area (TPSA) is 81.8 Å². The van der Waals surface area contributed by atoms with Crippen LogP contribution in [0.5, 0.6) is 0 Å². The maximum absolute atomic E-state index is 12.8. The number of tetrazole rings is 1.